The van der Waals surface area contributed by atoms with Crippen molar-refractivity contribution in [1.82, 2.24) is 10.6 Å². The summed E-state index contributed by atoms with van der Waals surface area (Å²) in [5.41, 5.74) is 0.167. The number of carbonyl (C=O) groups excluding carboxylic acids is 1. The molecule has 1 rings (SSSR count). The van der Waals surface area contributed by atoms with Gasteiger partial charge in [-0.2, -0.15) is 0 Å². The summed E-state index contributed by atoms with van der Waals surface area (Å²) < 4.78 is 18.1. The van der Waals surface area contributed by atoms with E-state index >= 15 is 0 Å². The maximum atomic E-state index is 12.9. The second-order valence-corrected chi connectivity index (χ2v) is 5.40. The summed E-state index contributed by atoms with van der Waals surface area (Å²) >= 11 is 0. The van der Waals surface area contributed by atoms with E-state index in [-0.39, 0.29) is 12.4 Å². The summed E-state index contributed by atoms with van der Waals surface area (Å²) in [7, 11) is 0. The van der Waals surface area contributed by atoms with Crippen LogP contribution in [-0.2, 0) is 10.3 Å². The van der Waals surface area contributed by atoms with E-state index in [0.717, 1.165) is 5.57 Å². The van der Waals surface area contributed by atoms with Crippen LogP contribution in [0.4, 0.5) is 9.18 Å². The molecule has 0 aromatic heterocycles. The van der Waals surface area contributed by atoms with Gasteiger partial charge in [0, 0.05) is 6.54 Å². The average molecular weight is 310 g/mol. The van der Waals surface area contributed by atoms with Crippen LogP contribution in [0.5, 0.6) is 0 Å². The van der Waals surface area contributed by atoms with Crippen molar-refractivity contribution in [2.75, 3.05) is 26.3 Å². The van der Waals surface area contributed by atoms with Crippen LogP contribution < -0.4 is 10.6 Å². The molecule has 5 nitrogen and oxygen atoms in total. The zero-order chi connectivity index (χ0) is 16.6. The molecule has 0 fully saturated rings. The topological polar surface area (TPSA) is 70.6 Å². The highest BCUT2D eigenvalue weighted by atomic mass is 19.1. The maximum Gasteiger partial charge on any atom is 0.314 e. The third-order valence-electron chi connectivity index (χ3n) is 2.94. The molecule has 6 heteroatoms. The molecule has 122 valence electrons. The minimum atomic E-state index is -1.28. The Hall–Kier alpha value is -1.92. The highest BCUT2D eigenvalue weighted by molar-refractivity contribution is 5.73. The Morgan fingerprint density at radius 2 is 2.00 bits per heavy atom. The molecule has 0 heterocycles. The van der Waals surface area contributed by atoms with Crippen molar-refractivity contribution in [3.05, 3.63) is 47.8 Å². The van der Waals surface area contributed by atoms with Crippen LogP contribution in [0.2, 0.25) is 0 Å². The summed E-state index contributed by atoms with van der Waals surface area (Å²) in [6, 6.07) is 5.10. The standard InChI is InChI=1S/C16H23FN2O3/c1-12(2)10-22-9-8-18-15(20)19-11-16(3,21)13-4-6-14(17)7-5-13/h4-7,21H,1,8-11H2,2-3H3,(H2,18,19,20). The Bertz CT molecular complexity index is 501. The number of urea groups is 1. The van der Waals surface area contributed by atoms with E-state index in [9.17, 15) is 14.3 Å². The molecule has 1 unspecified atom stereocenters. The van der Waals surface area contributed by atoms with Gasteiger partial charge in [0.1, 0.15) is 11.4 Å². The van der Waals surface area contributed by atoms with Gasteiger partial charge in [0.2, 0.25) is 0 Å². The van der Waals surface area contributed by atoms with Gasteiger partial charge in [-0.05, 0) is 31.5 Å². The van der Waals surface area contributed by atoms with Crippen LogP contribution in [0.15, 0.2) is 36.4 Å². The van der Waals surface area contributed by atoms with Crippen LogP contribution in [0.1, 0.15) is 19.4 Å². The van der Waals surface area contributed by atoms with E-state index in [4.69, 9.17) is 4.74 Å². The first-order valence-corrected chi connectivity index (χ1v) is 7.03. The number of carbonyl (C=O) groups is 1. The minimum absolute atomic E-state index is 0.0110. The smallest absolute Gasteiger partial charge is 0.314 e. The Morgan fingerprint density at radius 3 is 2.59 bits per heavy atom. The van der Waals surface area contributed by atoms with Gasteiger partial charge in [-0.25, -0.2) is 9.18 Å². The second-order valence-electron chi connectivity index (χ2n) is 5.40. The normalized spacial score (nSPS) is 13.3. The van der Waals surface area contributed by atoms with Crippen molar-refractivity contribution in [1.29, 1.82) is 0 Å². The fourth-order valence-electron chi connectivity index (χ4n) is 1.71. The molecule has 0 radical (unpaired) electrons. The Kier molecular flexibility index (Phi) is 7.01. The molecule has 3 N–H and O–H groups in total. The molecule has 0 saturated carbocycles. The Labute approximate surface area is 130 Å². The van der Waals surface area contributed by atoms with E-state index in [2.05, 4.69) is 17.2 Å². The Morgan fingerprint density at radius 1 is 1.36 bits per heavy atom. The number of amides is 2. The number of rotatable bonds is 8. The van der Waals surface area contributed by atoms with Crippen molar-refractivity contribution in [2.45, 2.75) is 19.4 Å². The van der Waals surface area contributed by atoms with Gasteiger partial charge >= 0.3 is 6.03 Å². The number of ether oxygens (including phenoxy) is 1. The molecule has 1 aromatic rings. The first-order chi connectivity index (χ1) is 10.3. The van der Waals surface area contributed by atoms with Crippen molar-refractivity contribution >= 4 is 6.03 Å². The molecule has 0 bridgehead atoms. The lowest BCUT2D eigenvalue weighted by Crippen LogP contribution is -2.44. The van der Waals surface area contributed by atoms with Crippen LogP contribution in [0.3, 0.4) is 0 Å². The summed E-state index contributed by atoms with van der Waals surface area (Å²) in [4.78, 5) is 11.6. The molecule has 0 aliphatic carbocycles. The third-order valence-corrected chi connectivity index (χ3v) is 2.94. The molecule has 0 aliphatic heterocycles. The maximum absolute atomic E-state index is 12.9. The zero-order valence-corrected chi connectivity index (χ0v) is 13.0. The van der Waals surface area contributed by atoms with Crippen LogP contribution in [0, 0.1) is 5.82 Å². The number of hydrogen-bond acceptors (Lipinski definition) is 3. The number of benzene rings is 1. The number of halogens is 1. The van der Waals surface area contributed by atoms with Gasteiger partial charge in [-0.1, -0.05) is 24.3 Å². The summed E-state index contributed by atoms with van der Waals surface area (Å²) in [6.45, 7) is 8.33. The van der Waals surface area contributed by atoms with Gasteiger partial charge < -0.3 is 20.5 Å². The lowest BCUT2D eigenvalue weighted by Gasteiger charge is -2.24. The summed E-state index contributed by atoms with van der Waals surface area (Å²) in [6.07, 6.45) is 0. The van der Waals surface area contributed by atoms with Gasteiger partial charge in [0.25, 0.3) is 0 Å². The molecule has 0 saturated heterocycles. The predicted molar refractivity (Wildman–Crippen MR) is 83.0 cm³/mol. The molecule has 1 atom stereocenters. The van der Waals surface area contributed by atoms with Gasteiger partial charge in [0.05, 0.1) is 19.8 Å². The Balaban J connectivity index is 2.30. The quantitative estimate of drug-likeness (QED) is 0.507. The van der Waals surface area contributed by atoms with Crippen LogP contribution in [-0.4, -0.2) is 37.4 Å². The monoisotopic (exact) mass is 310 g/mol. The molecule has 2 amide bonds. The van der Waals surface area contributed by atoms with Gasteiger partial charge in [-0.3, -0.25) is 0 Å². The van der Waals surface area contributed by atoms with E-state index in [1.54, 1.807) is 6.92 Å². The average Bonchev–Trinajstić information content (AvgIpc) is 2.45. The predicted octanol–water partition coefficient (Wildman–Crippen LogP) is 1.93. The molecular formula is C16H23FN2O3. The van der Waals surface area contributed by atoms with Gasteiger partial charge in [-0.15, -0.1) is 0 Å². The fourth-order valence-corrected chi connectivity index (χ4v) is 1.71. The second kappa shape index (κ2) is 8.51. The van der Waals surface area contributed by atoms with E-state index in [1.807, 2.05) is 6.92 Å². The first kappa shape index (κ1) is 18.1. The highest BCUT2D eigenvalue weighted by Crippen LogP contribution is 2.19. The number of aliphatic hydroxyl groups is 1. The molecule has 0 spiro atoms. The van der Waals surface area contributed by atoms with Crippen molar-refractivity contribution in [2.24, 2.45) is 0 Å². The lowest BCUT2D eigenvalue weighted by molar-refractivity contribution is 0.0592. The van der Waals surface area contributed by atoms with Crippen LogP contribution >= 0.6 is 0 Å². The summed E-state index contributed by atoms with van der Waals surface area (Å²) in [5, 5.41) is 15.5. The minimum Gasteiger partial charge on any atom is -0.384 e. The van der Waals surface area contributed by atoms with Crippen LogP contribution in [0.25, 0.3) is 0 Å². The van der Waals surface area contributed by atoms with Crippen molar-refractivity contribution in [3.8, 4) is 0 Å². The third kappa shape index (κ3) is 6.69. The largest absolute Gasteiger partial charge is 0.384 e. The van der Waals surface area contributed by atoms with E-state index < -0.39 is 11.6 Å². The first-order valence-electron chi connectivity index (χ1n) is 7.03. The molecular weight excluding hydrogens is 287 g/mol. The van der Waals surface area contributed by atoms with E-state index in [1.165, 1.54) is 24.3 Å². The SMILES string of the molecule is C=C(C)COCCNC(=O)NCC(C)(O)c1ccc(F)cc1. The number of nitrogens with one attached hydrogen (secondary N) is 2. The fraction of sp³-hybridized carbons (Fsp3) is 0.438. The summed E-state index contributed by atoms with van der Waals surface area (Å²) in [5.74, 6) is -0.375. The lowest BCUT2D eigenvalue weighted by atomic mass is 9.96. The van der Waals surface area contributed by atoms with Crippen molar-refractivity contribution in [3.63, 3.8) is 0 Å². The molecule has 1 aromatic carbocycles. The number of hydrogen-bond donors (Lipinski definition) is 3. The van der Waals surface area contributed by atoms with Gasteiger partial charge in [0.15, 0.2) is 0 Å². The highest BCUT2D eigenvalue weighted by Gasteiger charge is 2.23. The van der Waals surface area contributed by atoms with Crippen molar-refractivity contribution < 1.29 is 19.0 Å². The van der Waals surface area contributed by atoms with E-state index in [0.29, 0.717) is 25.3 Å². The molecule has 22 heavy (non-hydrogen) atoms. The molecule has 0 aliphatic rings. The zero-order valence-electron chi connectivity index (χ0n) is 13.0.